The molecule has 0 spiro atoms. The topological polar surface area (TPSA) is 37.3 Å². The number of hydrogen-bond donors (Lipinski definition) is 1. The summed E-state index contributed by atoms with van der Waals surface area (Å²) in [5.74, 6) is 0.461. The molecule has 0 aliphatic heterocycles. The highest BCUT2D eigenvalue weighted by molar-refractivity contribution is 8.35. The minimum atomic E-state index is -1.38. The second-order valence-corrected chi connectivity index (χ2v) is 12.1. The van der Waals surface area contributed by atoms with Crippen molar-refractivity contribution < 1.29 is 9.90 Å². The van der Waals surface area contributed by atoms with Gasteiger partial charge in [-0.05, 0) is 15.1 Å². The quantitative estimate of drug-likeness (QED) is 0.876. The molecule has 0 atom stereocenters. The van der Waals surface area contributed by atoms with Crippen molar-refractivity contribution in [2.45, 2.75) is 56.8 Å². The normalized spacial score (nSPS) is 14.1. The Hall–Kier alpha value is -0.960. The second kappa shape index (κ2) is 5.80. The van der Waals surface area contributed by atoms with Crippen LogP contribution in [0.25, 0.3) is 0 Å². The summed E-state index contributed by atoms with van der Waals surface area (Å²) in [5, 5.41) is 9.47. The van der Waals surface area contributed by atoms with Gasteiger partial charge in [0.05, 0.1) is 5.75 Å². The van der Waals surface area contributed by atoms with Gasteiger partial charge in [-0.3, -0.25) is 4.79 Å². The molecule has 2 nitrogen and oxygen atoms in total. The van der Waals surface area contributed by atoms with E-state index >= 15 is 0 Å². The molecule has 1 N–H and O–H groups in total. The van der Waals surface area contributed by atoms with Crippen LogP contribution in [-0.2, 0) is 10.5 Å². The maximum absolute atomic E-state index is 11.5. The van der Waals surface area contributed by atoms with Crippen LogP contribution >= 0.6 is 10.0 Å². The molecular weight excluding hydrogens is 268 g/mol. The summed E-state index contributed by atoms with van der Waals surface area (Å²) < 4.78 is -0.0288. The van der Waals surface area contributed by atoms with Gasteiger partial charge in [0.1, 0.15) is 0 Å². The molecule has 0 saturated carbocycles. The average molecular weight is 296 g/mol. The molecule has 3 heteroatoms. The molecule has 0 heterocycles. The zero-order valence-electron chi connectivity index (χ0n) is 13.6. The fourth-order valence-electron chi connectivity index (χ4n) is 2.91. The van der Waals surface area contributed by atoms with Gasteiger partial charge in [-0.15, -0.1) is 0 Å². The summed E-state index contributed by atoms with van der Waals surface area (Å²) in [6.07, 6.45) is 0. The first-order valence-electron chi connectivity index (χ1n) is 7.03. The van der Waals surface area contributed by atoms with Crippen molar-refractivity contribution in [3.8, 4) is 0 Å². The SMILES string of the molecule is CC(C)(C)S(CC(=O)O)(Cc1ccccc1)C(C)(C)C. The monoisotopic (exact) mass is 296 g/mol. The Kier molecular flexibility index (Phi) is 4.96. The third-order valence-electron chi connectivity index (χ3n) is 3.97. The Bertz CT molecular complexity index is 438. The van der Waals surface area contributed by atoms with Crippen molar-refractivity contribution in [3.05, 3.63) is 35.9 Å². The van der Waals surface area contributed by atoms with Crippen LogP contribution < -0.4 is 0 Å². The molecule has 0 aromatic heterocycles. The van der Waals surface area contributed by atoms with E-state index in [0.29, 0.717) is 0 Å². The van der Waals surface area contributed by atoms with E-state index in [2.05, 4.69) is 53.7 Å². The number of hydrogen-bond acceptors (Lipinski definition) is 1. The summed E-state index contributed by atoms with van der Waals surface area (Å²) in [7, 11) is -1.38. The van der Waals surface area contributed by atoms with E-state index in [4.69, 9.17) is 0 Å². The molecule has 0 aliphatic rings. The Balaban J connectivity index is 3.34. The van der Waals surface area contributed by atoms with Gasteiger partial charge in [-0.25, -0.2) is 10.0 Å². The maximum Gasteiger partial charge on any atom is 0.311 e. The average Bonchev–Trinajstić information content (AvgIpc) is 2.25. The Morgan fingerprint density at radius 1 is 1.00 bits per heavy atom. The van der Waals surface area contributed by atoms with Crippen LogP contribution in [0.1, 0.15) is 47.1 Å². The lowest BCUT2D eigenvalue weighted by atomic mass is 10.2. The largest absolute Gasteiger partial charge is 0.481 e. The summed E-state index contributed by atoms with van der Waals surface area (Å²) in [6, 6.07) is 10.3. The van der Waals surface area contributed by atoms with Gasteiger partial charge in [0, 0.05) is 5.75 Å². The fourth-order valence-corrected chi connectivity index (χ4v) is 7.76. The van der Waals surface area contributed by atoms with Gasteiger partial charge in [-0.2, -0.15) is 0 Å². The third-order valence-corrected chi connectivity index (χ3v) is 10.2. The van der Waals surface area contributed by atoms with Crippen molar-refractivity contribution in [2.75, 3.05) is 5.75 Å². The highest BCUT2D eigenvalue weighted by Crippen LogP contribution is 2.69. The van der Waals surface area contributed by atoms with Crippen LogP contribution in [0.15, 0.2) is 30.3 Å². The molecule has 0 amide bonds. The first-order chi connectivity index (χ1) is 8.99. The molecule has 0 fully saturated rings. The van der Waals surface area contributed by atoms with E-state index in [9.17, 15) is 9.90 Å². The lowest BCUT2D eigenvalue weighted by Crippen LogP contribution is -2.43. The van der Waals surface area contributed by atoms with E-state index in [0.717, 1.165) is 5.75 Å². The van der Waals surface area contributed by atoms with Gasteiger partial charge in [-0.1, -0.05) is 71.9 Å². The number of carbonyl (C=O) groups is 1. The minimum absolute atomic E-state index is 0.0144. The van der Waals surface area contributed by atoms with Gasteiger partial charge in [0.2, 0.25) is 0 Å². The number of carboxylic acids is 1. The molecule has 1 aromatic carbocycles. The van der Waals surface area contributed by atoms with Crippen LogP contribution in [0.2, 0.25) is 0 Å². The smallest absolute Gasteiger partial charge is 0.311 e. The van der Waals surface area contributed by atoms with Crippen molar-refractivity contribution in [1.29, 1.82) is 0 Å². The summed E-state index contributed by atoms with van der Waals surface area (Å²) >= 11 is 0. The molecular formula is C17H28O2S. The first kappa shape index (κ1) is 17.1. The lowest BCUT2D eigenvalue weighted by Gasteiger charge is -2.58. The number of carboxylic acid groups (broad SMARTS) is 1. The molecule has 0 saturated heterocycles. The van der Waals surface area contributed by atoms with Crippen LogP contribution in [0.5, 0.6) is 0 Å². The molecule has 1 rings (SSSR count). The maximum atomic E-state index is 11.5. The van der Waals surface area contributed by atoms with E-state index < -0.39 is 16.0 Å². The van der Waals surface area contributed by atoms with Crippen molar-refractivity contribution >= 4 is 16.0 Å². The molecule has 114 valence electrons. The highest BCUT2D eigenvalue weighted by Gasteiger charge is 2.46. The molecule has 20 heavy (non-hydrogen) atoms. The predicted octanol–water partition coefficient (Wildman–Crippen LogP) is 4.67. The Labute approximate surface area is 124 Å². The number of rotatable bonds is 4. The first-order valence-corrected chi connectivity index (χ1v) is 9.00. The molecule has 0 aliphatic carbocycles. The van der Waals surface area contributed by atoms with E-state index in [-0.39, 0.29) is 15.2 Å². The third kappa shape index (κ3) is 3.57. The van der Waals surface area contributed by atoms with Crippen molar-refractivity contribution in [1.82, 2.24) is 0 Å². The van der Waals surface area contributed by atoms with Crippen LogP contribution in [-0.4, -0.2) is 26.3 Å². The Morgan fingerprint density at radius 2 is 1.45 bits per heavy atom. The van der Waals surface area contributed by atoms with Gasteiger partial charge in [0.15, 0.2) is 0 Å². The zero-order chi connectivity index (χ0) is 15.6. The molecule has 1 aromatic rings. The van der Waals surface area contributed by atoms with Crippen LogP contribution in [0.3, 0.4) is 0 Å². The predicted molar refractivity (Wildman–Crippen MR) is 89.7 cm³/mol. The van der Waals surface area contributed by atoms with Gasteiger partial charge in [0.25, 0.3) is 0 Å². The number of aliphatic carboxylic acids is 1. The molecule has 0 unspecified atom stereocenters. The van der Waals surface area contributed by atoms with Gasteiger partial charge < -0.3 is 5.11 Å². The second-order valence-electron chi connectivity index (χ2n) is 7.28. The molecule has 0 bridgehead atoms. The highest BCUT2D eigenvalue weighted by atomic mass is 32.3. The van der Waals surface area contributed by atoms with E-state index in [1.54, 1.807) is 0 Å². The van der Waals surface area contributed by atoms with Crippen LogP contribution in [0, 0.1) is 0 Å². The van der Waals surface area contributed by atoms with E-state index in [1.165, 1.54) is 5.56 Å². The van der Waals surface area contributed by atoms with Crippen LogP contribution in [0.4, 0.5) is 0 Å². The van der Waals surface area contributed by atoms with Crippen molar-refractivity contribution in [2.24, 2.45) is 0 Å². The fraction of sp³-hybridized carbons (Fsp3) is 0.588. The number of benzene rings is 1. The standard InChI is InChI=1S/C17H28O2S/c1-16(2,3)20(13-15(18)19,17(4,5)6)12-14-10-8-7-9-11-14/h7-11H,12-13H2,1-6H3,(H,18,19). The summed E-state index contributed by atoms with van der Waals surface area (Å²) in [5.41, 5.74) is 1.24. The minimum Gasteiger partial charge on any atom is -0.481 e. The molecule has 0 radical (unpaired) electrons. The van der Waals surface area contributed by atoms with E-state index in [1.807, 2.05) is 18.2 Å². The Morgan fingerprint density at radius 3 is 1.80 bits per heavy atom. The summed E-state index contributed by atoms with van der Waals surface area (Å²) in [6.45, 7) is 13.2. The lowest BCUT2D eigenvalue weighted by molar-refractivity contribution is -0.134. The summed E-state index contributed by atoms with van der Waals surface area (Å²) in [4.78, 5) is 11.5. The van der Waals surface area contributed by atoms with Crippen molar-refractivity contribution in [3.63, 3.8) is 0 Å². The zero-order valence-corrected chi connectivity index (χ0v) is 14.4. The van der Waals surface area contributed by atoms with Gasteiger partial charge >= 0.3 is 5.97 Å².